The predicted molar refractivity (Wildman–Crippen MR) is 415 cm³/mol. The van der Waals surface area contributed by atoms with Gasteiger partial charge in [-0.25, -0.2) is 4.68 Å². The van der Waals surface area contributed by atoms with Crippen LogP contribution in [-0.4, -0.2) is 53.3 Å². The second-order valence-corrected chi connectivity index (χ2v) is 29.6. The molecule has 4 aliphatic rings. The Kier molecular flexibility index (Phi) is 22.6. The molecule has 4 aromatic heterocycles. The lowest BCUT2D eigenvalue weighted by molar-refractivity contribution is -0.118. The minimum absolute atomic E-state index is 0. The van der Waals surface area contributed by atoms with Gasteiger partial charge >= 0.3 is 0 Å². The fourth-order valence-electron chi connectivity index (χ4n) is 17.1. The molecule has 0 aliphatic carbocycles. The van der Waals surface area contributed by atoms with Crippen molar-refractivity contribution < 1.29 is 23.7 Å². The number of carbonyl (C=O) groups is 1. The van der Waals surface area contributed by atoms with Crippen molar-refractivity contribution in [2.24, 2.45) is 35.1 Å². The van der Waals surface area contributed by atoms with Crippen LogP contribution in [0, 0.1) is 152 Å². The molecule has 1 amide bonds. The Hall–Kier alpha value is -12.1. The number of H-pyrrole nitrogens is 3. The number of nitrogens with two attached hydrogens (primary N) is 2. The molecule has 9 N–H and O–H groups in total. The van der Waals surface area contributed by atoms with Crippen LogP contribution in [0.2, 0.25) is 0 Å². The van der Waals surface area contributed by atoms with Gasteiger partial charge in [-0.3, -0.25) is 25.4 Å². The third kappa shape index (κ3) is 13.2. The van der Waals surface area contributed by atoms with Crippen LogP contribution >= 0.6 is 0 Å². The summed E-state index contributed by atoms with van der Waals surface area (Å²) < 4.78 is 25.2. The van der Waals surface area contributed by atoms with Crippen molar-refractivity contribution in [1.82, 2.24) is 51.0 Å². The molecule has 554 valence electrons. The van der Waals surface area contributed by atoms with Gasteiger partial charge in [0.2, 0.25) is 53.0 Å². The van der Waals surface area contributed by atoms with Crippen LogP contribution in [0.3, 0.4) is 0 Å². The van der Waals surface area contributed by atoms with Gasteiger partial charge in [0.1, 0.15) is 46.6 Å². The van der Waals surface area contributed by atoms with E-state index < -0.39 is 21.7 Å². The molecule has 21 nitrogen and oxygen atoms in total. The molecule has 4 unspecified atom stereocenters. The van der Waals surface area contributed by atoms with E-state index >= 15 is 0 Å². The monoisotopic (exact) mass is 1440 g/mol. The number of allylic oxidation sites excluding steroid dienone is 4. The number of hydrogen-bond donors (Lipinski definition) is 7. The first-order valence-electron chi connectivity index (χ1n) is 35.6. The third-order valence-electron chi connectivity index (χ3n) is 20.8. The van der Waals surface area contributed by atoms with Gasteiger partial charge in [-0.05, 0) is 141 Å². The fourth-order valence-corrected chi connectivity index (χ4v) is 17.1. The highest BCUT2D eigenvalue weighted by Crippen LogP contribution is 2.58. The molecule has 0 bridgehead atoms. The summed E-state index contributed by atoms with van der Waals surface area (Å²) in [4.78, 5) is 11.8. The number of carbonyl (C=O) groups excluding carboxylic acids is 1. The number of para-hydroxylation sites is 1. The van der Waals surface area contributed by atoms with E-state index in [1.165, 1.54) is 18.1 Å². The number of ether oxygens (including phenoxy) is 4. The van der Waals surface area contributed by atoms with Crippen molar-refractivity contribution >= 4 is 5.91 Å². The summed E-state index contributed by atoms with van der Waals surface area (Å²) in [7, 11) is 1.77. The number of rotatable bonds is 11. The zero-order valence-corrected chi connectivity index (χ0v) is 64.8. The lowest BCUT2D eigenvalue weighted by Crippen LogP contribution is -2.43. The number of fused-ring (bicyclic) bond motifs is 4. The first kappa shape index (κ1) is 79.1. The Morgan fingerprint density at radius 2 is 0.748 bits per heavy atom. The number of benzene rings is 5. The maximum Gasteiger partial charge on any atom is 0.244 e. The minimum Gasteiger partial charge on any atom is -0.422 e. The highest BCUT2D eigenvalue weighted by Gasteiger charge is 2.55. The van der Waals surface area contributed by atoms with E-state index in [0.29, 0.717) is 51.7 Å². The second kappa shape index (κ2) is 30.6. The number of nitrogens with one attached hydrogen (secondary N) is 5. The summed E-state index contributed by atoms with van der Waals surface area (Å²) >= 11 is 0. The van der Waals surface area contributed by atoms with Gasteiger partial charge in [0.25, 0.3) is 0 Å². The van der Waals surface area contributed by atoms with Crippen LogP contribution in [0.5, 0.6) is 23.5 Å². The molecule has 107 heavy (non-hydrogen) atoms. The van der Waals surface area contributed by atoms with Gasteiger partial charge in [-0.2, -0.15) is 26.1 Å². The average molecular weight is 1440 g/mol. The van der Waals surface area contributed by atoms with E-state index in [-0.39, 0.29) is 54.7 Å². The molecular weight excluding hydrogens is 1340 g/mol. The largest absolute Gasteiger partial charge is 0.422 e. The highest BCUT2D eigenvalue weighted by molar-refractivity contribution is 5.76. The molecule has 0 saturated carbocycles. The van der Waals surface area contributed by atoms with Crippen molar-refractivity contribution in [2.75, 3.05) is 7.05 Å². The Morgan fingerprint density at radius 1 is 0.449 bits per heavy atom. The summed E-state index contributed by atoms with van der Waals surface area (Å²) in [5.74, 6) is 2.81. The molecule has 0 radical (unpaired) electrons. The molecule has 4 aliphatic heterocycles. The standard InChI is InChI=1S/C25H26N4O.C21H24N4O2.C20H24N4O.C19H22N4O.CH4/c1-15(2)25(19-12-16(3)11-17(4)13-19)21(14-26)23(27)30-24-22(25)18(5)28-29(24)20-9-7-6-8-10-20;1-11(2)21(16-8-12(3)7-13(4)9-16)17(10-22)19(23-15(6)26)27-20-18(21)14(5)24-25-20;1-11(2)20(15-8-12(3)7-13(4)9-15)16(10-21)18(22-6)25-19-17(20)14(5)23-24-19;1-10(2)19(14-7-11(3)6-12(4)8-14)15(9-20)17(21)24-18-16(19)13(5)22-23-18;/h6-13,15H,27H2,1-5H3;7-9,11H,1-6H3,(H,23,26)(H,24,25);7-9,11,22H,1-6H3,(H,23,24);6-8,10H,21H2,1-5H3,(H,22,23);1H4. The zero-order chi connectivity index (χ0) is 77.6. The SMILES string of the molecule is C.CC(=O)NC1=C(C#N)C(c2cc(C)cc(C)c2)(C(C)C)c2c(n[nH]c2C)O1.CNC1=C(C#N)C(c2cc(C)cc(C)c2)(C(C)C)c2c(n[nH]c2C)O1.Cc1cc(C)cc(C2(C(C)C)C(C#N)=C(N)Oc3c2c(C)nn3-c2ccccc2)c1.Cc1cc(C)cc(C2(C(C)C)C(C#N)=C(N)Oc3n[nH]c(C)c32)c1. The molecule has 0 spiro atoms. The van der Waals surface area contributed by atoms with Crippen molar-refractivity contribution in [3.63, 3.8) is 0 Å². The predicted octanol–water partition coefficient (Wildman–Crippen LogP) is 16.0. The molecule has 9 aromatic rings. The van der Waals surface area contributed by atoms with Crippen molar-refractivity contribution in [3.05, 3.63) is 261 Å². The van der Waals surface area contributed by atoms with Crippen molar-refractivity contribution in [1.29, 1.82) is 21.0 Å². The van der Waals surface area contributed by atoms with Gasteiger partial charge in [0, 0.05) is 31.1 Å². The Labute approximate surface area is 629 Å². The van der Waals surface area contributed by atoms with E-state index in [1.807, 2.05) is 71.9 Å². The smallest absolute Gasteiger partial charge is 0.244 e. The molecule has 8 heterocycles. The molecule has 0 saturated heterocycles. The van der Waals surface area contributed by atoms with Crippen molar-refractivity contribution in [3.8, 4) is 53.5 Å². The van der Waals surface area contributed by atoms with Crippen LogP contribution in [0.25, 0.3) is 5.69 Å². The molecule has 0 fully saturated rings. The molecular formula is C86H100N16O5. The molecule has 5 aromatic carbocycles. The van der Waals surface area contributed by atoms with E-state index in [2.05, 4.69) is 235 Å². The number of aryl methyl sites for hydroxylation is 12. The Bertz CT molecular complexity index is 5190. The summed E-state index contributed by atoms with van der Waals surface area (Å²) in [5.41, 5.74) is 32.8. The number of nitriles is 4. The highest BCUT2D eigenvalue weighted by atomic mass is 16.5. The van der Waals surface area contributed by atoms with Crippen LogP contribution in [0.1, 0.15) is 182 Å². The van der Waals surface area contributed by atoms with E-state index in [9.17, 15) is 25.8 Å². The van der Waals surface area contributed by atoms with Crippen LogP contribution in [0.15, 0.2) is 149 Å². The maximum atomic E-state index is 11.8. The Morgan fingerprint density at radius 3 is 1.07 bits per heavy atom. The normalized spacial score (nSPS) is 18.8. The van der Waals surface area contributed by atoms with Gasteiger partial charge in [-0.15, -0.1) is 15.3 Å². The van der Waals surface area contributed by atoms with Gasteiger partial charge in [0.15, 0.2) is 0 Å². The summed E-state index contributed by atoms with van der Waals surface area (Å²) in [6.45, 7) is 42.6. The van der Waals surface area contributed by atoms with Gasteiger partial charge < -0.3 is 35.7 Å². The quantitative estimate of drug-likeness (QED) is 0.0633. The van der Waals surface area contributed by atoms with Crippen LogP contribution < -0.4 is 41.0 Å². The molecule has 21 heteroatoms. The van der Waals surface area contributed by atoms with E-state index in [1.54, 1.807) is 11.7 Å². The molecule has 4 atom stereocenters. The fraction of sp³-hybridized carbons (Fsp3) is 0.360. The minimum atomic E-state index is -0.784. The first-order valence-corrected chi connectivity index (χ1v) is 35.6. The number of amides is 1. The second-order valence-electron chi connectivity index (χ2n) is 29.6. The van der Waals surface area contributed by atoms with E-state index in [4.69, 9.17) is 35.5 Å². The lowest BCUT2D eigenvalue weighted by atomic mass is 9.61. The van der Waals surface area contributed by atoms with Gasteiger partial charge in [-0.1, -0.05) is 198 Å². The molecule has 13 rings (SSSR count). The number of aromatic nitrogens is 8. The Balaban J connectivity index is 0.000000165. The topological polar surface area (TPSA) is 329 Å². The zero-order valence-electron chi connectivity index (χ0n) is 64.8. The average Bonchev–Trinajstić information content (AvgIpc) is 1.70. The summed E-state index contributed by atoms with van der Waals surface area (Å²) in [6, 6.07) is 44.8. The number of hydrogen-bond acceptors (Lipinski definition) is 16. The summed E-state index contributed by atoms with van der Waals surface area (Å²) in [5, 5.41) is 72.7. The summed E-state index contributed by atoms with van der Waals surface area (Å²) in [6.07, 6.45) is 0. The van der Waals surface area contributed by atoms with E-state index in [0.717, 1.165) is 106 Å². The lowest BCUT2D eigenvalue weighted by Gasteiger charge is -2.41. The van der Waals surface area contributed by atoms with Gasteiger partial charge in [0.05, 0.1) is 55.3 Å². The van der Waals surface area contributed by atoms with Crippen molar-refractivity contribution in [2.45, 2.75) is 174 Å². The maximum absolute atomic E-state index is 11.8. The number of nitrogens with zero attached hydrogens (tertiary/aromatic N) is 9. The third-order valence-corrected chi connectivity index (χ3v) is 20.8. The first-order chi connectivity index (χ1) is 50.2. The van der Waals surface area contributed by atoms with Crippen LogP contribution in [-0.2, 0) is 26.5 Å². The van der Waals surface area contributed by atoms with Crippen LogP contribution in [0.4, 0.5) is 0 Å². The number of aromatic amines is 3.